The van der Waals surface area contributed by atoms with Gasteiger partial charge in [-0.25, -0.2) is 4.79 Å². The minimum atomic E-state index is -0.814. The molecule has 3 aromatic rings. The number of furan rings is 1. The van der Waals surface area contributed by atoms with E-state index in [1.165, 1.54) is 18.0 Å². The van der Waals surface area contributed by atoms with Crippen LogP contribution in [-0.2, 0) is 11.4 Å². The van der Waals surface area contributed by atoms with E-state index in [4.69, 9.17) is 13.9 Å². The molecule has 1 unspecified atom stereocenters. The fourth-order valence-electron chi connectivity index (χ4n) is 2.87. The molecule has 29 heavy (non-hydrogen) atoms. The van der Waals surface area contributed by atoms with Crippen LogP contribution in [0.1, 0.15) is 17.4 Å². The van der Waals surface area contributed by atoms with Crippen molar-refractivity contribution >= 4 is 23.7 Å². The normalized spacial score (nSPS) is 15.7. The van der Waals surface area contributed by atoms with E-state index in [0.717, 1.165) is 26.9 Å². The van der Waals surface area contributed by atoms with Gasteiger partial charge in [-0.1, -0.05) is 23.9 Å². The van der Waals surface area contributed by atoms with Gasteiger partial charge in [0.1, 0.15) is 23.9 Å². The third-order valence-electron chi connectivity index (χ3n) is 4.29. The molecule has 1 aromatic heterocycles. The van der Waals surface area contributed by atoms with Gasteiger partial charge in [0.05, 0.1) is 18.3 Å². The molecule has 2 N–H and O–H groups in total. The maximum atomic E-state index is 11.9. The first-order valence-electron chi connectivity index (χ1n) is 8.85. The van der Waals surface area contributed by atoms with Crippen LogP contribution in [-0.4, -0.2) is 19.0 Å². The summed E-state index contributed by atoms with van der Waals surface area (Å²) in [7, 11) is 1.63. The lowest BCUT2D eigenvalue weighted by molar-refractivity contribution is -0.120. The van der Waals surface area contributed by atoms with Crippen LogP contribution in [0.25, 0.3) is 0 Å². The van der Waals surface area contributed by atoms with Crippen molar-refractivity contribution in [3.8, 4) is 11.5 Å². The Labute approximate surface area is 171 Å². The minimum Gasteiger partial charge on any atom is -0.497 e. The zero-order valence-electron chi connectivity index (χ0n) is 15.5. The molecule has 1 aliphatic rings. The van der Waals surface area contributed by atoms with Crippen molar-refractivity contribution in [3.05, 3.63) is 72.2 Å². The van der Waals surface area contributed by atoms with E-state index < -0.39 is 18.0 Å². The second kappa shape index (κ2) is 8.32. The van der Waals surface area contributed by atoms with Crippen LogP contribution >= 0.6 is 11.8 Å². The largest absolute Gasteiger partial charge is 0.497 e. The van der Waals surface area contributed by atoms with Crippen molar-refractivity contribution in [2.45, 2.75) is 22.4 Å². The van der Waals surface area contributed by atoms with Crippen LogP contribution in [0.5, 0.6) is 11.5 Å². The van der Waals surface area contributed by atoms with Crippen LogP contribution in [0.2, 0.25) is 0 Å². The third-order valence-corrected chi connectivity index (χ3v) is 5.35. The predicted octanol–water partition coefficient (Wildman–Crippen LogP) is 3.90. The molecule has 8 heteroatoms. The van der Waals surface area contributed by atoms with Crippen LogP contribution in [0.3, 0.4) is 0 Å². The molecular formula is C21H18N2O5S. The van der Waals surface area contributed by atoms with Gasteiger partial charge in [-0.05, 0) is 48.0 Å². The van der Waals surface area contributed by atoms with Gasteiger partial charge in [0.15, 0.2) is 6.04 Å². The summed E-state index contributed by atoms with van der Waals surface area (Å²) in [5.41, 5.74) is 1.02. The van der Waals surface area contributed by atoms with Crippen molar-refractivity contribution in [1.29, 1.82) is 0 Å². The van der Waals surface area contributed by atoms with Gasteiger partial charge < -0.3 is 19.2 Å². The Morgan fingerprint density at radius 3 is 2.62 bits per heavy atom. The lowest BCUT2D eigenvalue weighted by Gasteiger charge is -2.09. The zero-order chi connectivity index (χ0) is 20.2. The van der Waals surface area contributed by atoms with Gasteiger partial charge in [0, 0.05) is 4.90 Å². The molecule has 2 aromatic carbocycles. The zero-order valence-corrected chi connectivity index (χ0v) is 16.3. The molecule has 0 saturated carbocycles. The first-order chi connectivity index (χ1) is 14.1. The fraction of sp³-hybridized carbons (Fsp3) is 0.143. The van der Waals surface area contributed by atoms with Gasteiger partial charge in [-0.15, -0.1) is 0 Å². The number of nitrogens with one attached hydrogen (secondary N) is 2. The molecule has 1 saturated heterocycles. The highest BCUT2D eigenvalue weighted by Gasteiger charge is 2.35. The molecule has 148 valence electrons. The van der Waals surface area contributed by atoms with E-state index in [0.29, 0.717) is 12.4 Å². The molecule has 3 amide bonds. The van der Waals surface area contributed by atoms with Crippen LogP contribution in [0, 0.1) is 0 Å². The van der Waals surface area contributed by atoms with Gasteiger partial charge in [0.25, 0.3) is 5.91 Å². The van der Waals surface area contributed by atoms with E-state index in [2.05, 4.69) is 10.6 Å². The second-order valence-electron chi connectivity index (χ2n) is 6.26. The maximum Gasteiger partial charge on any atom is 0.322 e. The molecule has 1 fully saturated rings. The van der Waals surface area contributed by atoms with Crippen molar-refractivity contribution in [1.82, 2.24) is 10.6 Å². The summed E-state index contributed by atoms with van der Waals surface area (Å²) in [6.07, 6.45) is 1.50. The Balaban J connectivity index is 1.40. The fourth-order valence-corrected chi connectivity index (χ4v) is 3.78. The monoisotopic (exact) mass is 410 g/mol. The lowest BCUT2D eigenvalue weighted by atomic mass is 10.2. The number of rotatable bonds is 7. The number of hydrogen-bond donors (Lipinski definition) is 2. The summed E-state index contributed by atoms with van der Waals surface area (Å²) in [6.45, 7) is 0.437. The number of imide groups is 1. The number of carbonyl (C=O) groups is 2. The Kier molecular flexibility index (Phi) is 5.44. The Bertz CT molecular complexity index is 1030. The predicted molar refractivity (Wildman–Crippen MR) is 106 cm³/mol. The summed E-state index contributed by atoms with van der Waals surface area (Å²) >= 11 is 1.44. The van der Waals surface area contributed by atoms with Gasteiger partial charge in [0.2, 0.25) is 0 Å². The summed E-state index contributed by atoms with van der Waals surface area (Å²) in [5.74, 6) is 1.53. The topological polar surface area (TPSA) is 89.8 Å². The first kappa shape index (κ1) is 18.9. The smallest absolute Gasteiger partial charge is 0.322 e. The molecule has 2 heterocycles. The summed E-state index contributed by atoms with van der Waals surface area (Å²) in [5, 5.41) is 4.75. The maximum absolute atomic E-state index is 11.9. The van der Waals surface area contributed by atoms with E-state index in [-0.39, 0.29) is 0 Å². The molecular weight excluding hydrogens is 392 g/mol. The molecule has 7 nitrogen and oxygen atoms in total. The number of carbonyl (C=O) groups excluding carboxylic acids is 2. The molecule has 0 aliphatic carbocycles. The second-order valence-corrected chi connectivity index (χ2v) is 7.37. The van der Waals surface area contributed by atoms with Crippen LogP contribution in [0.15, 0.2) is 75.1 Å². The van der Waals surface area contributed by atoms with E-state index in [9.17, 15) is 9.59 Å². The van der Waals surface area contributed by atoms with Crippen LogP contribution in [0.4, 0.5) is 4.79 Å². The van der Waals surface area contributed by atoms with Gasteiger partial charge in [-0.2, -0.15) is 0 Å². The third kappa shape index (κ3) is 4.38. The average Bonchev–Trinajstić information content (AvgIpc) is 3.32. The lowest BCUT2D eigenvalue weighted by Crippen LogP contribution is -2.22. The first-order valence-corrected chi connectivity index (χ1v) is 9.66. The number of methoxy groups -OCH3 is 1. The number of amides is 3. The highest BCUT2D eigenvalue weighted by atomic mass is 32.2. The van der Waals surface area contributed by atoms with Gasteiger partial charge in [-0.3, -0.25) is 10.1 Å². The summed E-state index contributed by atoms with van der Waals surface area (Å²) < 4.78 is 16.5. The number of benzene rings is 2. The number of urea groups is 1. The van der Waals surface area contributed by atoms with E-state index in [1.54, 1.807) is 13.2 Å². The van der Waals surface area contributed by atoms with Crippen molar-refractivity contribution in [2.24, 2.45) is 0 Å². The highest BCUT2D eigenvalue weighted by Crippen LogP contribution is 2.35. The van der Waals surface area contributed by atoms with Gasteiger partial charge >= 0.3 is 6.03 Å². The SMILES string of the molecule is COc1cccc(COc2ccc(Sc3ccoc3C3NC(=O)NC3=O)cc2)c1. The number of ether oxygens (including phenoxy) is 2. The Hall–Kier alpha value is -3.39. The van der Waals surface area contributed by atoms with Crippen LogP contribution < -0.4 is 20.1 Å². The molecule has 0 bridgehead atoms. The molecule has 0 radical (unpaired) electrons. The molecule has 0 spiro atoms. The summed E-state index contributed by atoms with van der Waals surface area (Å²) in [6, 6.07) is 15.8. The quantitative estimate of drug-likeness (QED) is 0.574. The summed E-state index contributed by atoms with van der Waals surface area (Å²) in [4.78, 5) is 24.9. The Morgan fingerprint density at radius 2 is 1.90 bits per heavy atom. The standard InChI is InChI=1S/C21H18N2O5S/c1-26-15-4-2-3-13(11-15)12-28-14-5-7-16(8-6-14)29-17-9-10-27-19(17)18-20(24)23-21(25)22-18/h2-11,18H,12H2,1H3,(H2,22,23,24,25). The van der Waals surface area contributed by atoms with E-state index in [1.807, 2.05) is 48.5 Å². The minimum absolute atomic E-state index is 0.414. The Morgan fingerprint density at radius 1 is 1.07 bits per heavy atom. The number of hydrogen-bond acceptors (Lipinski definition) is 6. The van der Waals surface area contributed by atoms with E-state index >= 15 is 0 Å². The molecule has 1 aliphatic heterocycles. The molecule has 4 rings (SSSR count). The average molecular weight is 410 g/mol. The van der Waals surface area contributed by atoms with Crippen molar-refractivity contribution in [2.75, 3.05) is 7.11 Å². The van der Waals surface area contributed by atoms with Crippen molar-refractivity contribution < 1.29 is 23.5 Å². The highest BCUT2D eigenvalue weighted by molar-refractivity contribution is 7.99. The van der Waals surface area contributed by atoms with Crippen molar-refractivity contribution in [3.63, 3.8) is 0 Å². The molecule has 1 atom stereocenters.